The van der Waals surface area contributed by atoms with E-state index < -0.39 is 4.33 Å². The molecular formula is C18H16Cl2N2O. The molecule has 0 aromatic heterocycles. The molecule has 1 aliphatic carbocycles. The molecule has 1 aliphatic rings. The third-order valence-electron chi connectivity index (χ3n) is 3.90. The number of benzene rings is 2. The maximum absolute atomic E-state index is 11.8. The Morgan fingerprint density at radius 1 is 1.09 bits per heavy atom. The van der Waals surface area contributed by atoms with Gasteiger partial charge in [-0.15, -0.1) is 23.2 Å². The molecule has 1 saturated carbocycles. The highest BCUT2D eigenvalue weighted by molar-refractivity contribution is 6.53. The molecule has 0 saturated heterocycles. The highest BCUT2D eigenvalue weighted by Crippen LogP contribution is 2.63. The van der Waals surface area contributed by atoms with Crippen molar-refractivity contribution in [2.75, 3.05) is 0 Å². The summed E-state index contributed by atoms with van der Waals surface area (Å²) in [4.78, 5) is 11.8. The fraction of sp³-hybridized carbons (Fsp3) is 0.222. The summed E-state index contributed by atoms with van der Waals surface area (Å²) in [6, 6.07) is 19.3. The molecule has 2 aromatic carbocycles. The SMILES string of the molecule is O=C(Cc1ccccc1)N/N=C/C1C(c2ccccc2)C1(Cl)Cl. The summed E-state index contributed by atoms with van der Waals surface area (Å²) in [6.07, 6.45) is 1.92. The van der Waals surface area contributed by atoms with E-state index in [4.69, 9.17) is 23.2 Å². The van der Waals surface area contributed by atoms with Crippen LogP contribution in [0.5, 0.6) is 0 Å². The maximum atomic E-state index is 11.8. The van der Waals surface area contributed by atoms with Crippen molar-refractivity contribution in [3.05, 3.63) is 71.8 Å². The van der Waals surface area contributed by atoms with Crippen molar-refractivity contribution in [1.29, 1.82) is 0 Å². The number of nitrogens with one attached hydrogen (secondary N) is 1. The van der Waals surface area contributed by atoms with Gasteiger partial charge < -0.3 is 0 Å². The van der Waals surface area contributed by atoms with Crippen LogP contribution < -0.4 is 5.43 Å². The highest BCUT2D eigenvalue weighted by Gasteiger charge is 2.63. The molecule has 0 spiro atoms. The molecule has 0 aliphatic heterocycles. The summed E-state index contributed by atoms with van der Waals surface area (Å²) in [6.45, 7) is 0. The smallest absolute Gasteiger partial charge is 0.244 e. The first-order valence-electron chi connectivity index (χ1n) is 7.38. The molecule has 1 fully saturated rings. The summed E-state index contributed by atoms with van der Waals surface area (Å²) in [7, 11) is 0. The summed E-state index contributed by atoms with van der Waals surface area (Å²) in [5.41, 5.74) is 4.54. The van der Waals surface area contributed by atoms with Crippen molar-refractivity contribution < 1.29 is 4.79 Å². The monoisotopic (exact) mass is 346 g/mol. The van der Waals surface area contributed by atoms with Crippen molar-refractivity contribution in [3.8, 4) is 0 Å². The van der Waals surface area contributed by atoms with Gasteiger partial charge in [0.05, 0.1) is 6.42 Å². The van der Waals surface area contributed by atoms with Crippen LogP contribution in [0, 0.1) is 5.92 Å². The first-order valence-corrected chi connectivity index (χ1v) is 8.13. The Balaban J connectivity index is 1.55. The zero-order valence-corrected chi connectivity index (χ0v) is 13.8. The van der Waals surface area contributed by atoms with E-state index in [0.29, 0.717) is 0 Å². The third-order valence-corrected chi connectivity index (χ3v) is 4.87. The molecule has 23 heavy (non-hydrogen) atoms. The maximum Gasteiger partial charge on any atom is 0.244 e. The Morgan fingerprint density at radius 3 is 2.35 bits per heavy atom. The van der Waals surface area contributed by atoms with Gasteiger partial charge in [-0.1, -0.05) is 60.7 Å². The Kier molecular flexibility index (Phi) is 4.69. The predicted molar refractivity (Wildman–Crippen MR) is 93.9 cm³/mol. The van der Waals surface area contributed by atoms with E-state index in [0.717, 1.165) is 11.1 Å². The summed E-state index contributed by atoms with van der Waals surface area (Å²) in [5.74, 6) is -0.272. The van der Waals surface area contributed by atoms with Gasteiger partial charge in [0, 0.05) is 18.1 Å². The number of hydrogen-bond acceptors (Lipinski definition) is 2. The lowest BCUT2D eigenvalue weighted by molar-refractivity contribution is -0.120. The van der Waals surface area contributed by atoms with Crippen LogP contribution in [0.25, 0.3) is 0 Å². The summed E-state index contributed by atoms with van der Waals surface area (Å²) >= 11 is 12.6. The normalized spacial score (nSPS) is 22.0. The number of nitrogens with zero attached hydrogens (tertiary/aromatic N) is 1. The number of hydrogen-bond donors (Lipinski definition) is 1. The van der Waals surface area contributed by atoms with Crippen LogP contribution in [0.2, 0.25) is 0 Å². The van der Waals surface area contributed by atoms with E-state index in [1.54, 1.807) is 6.21 Å². The fourth-order valence-corrected chi connectivity index (χ4v) is 3.40. The molecule has 2 atom stereocenters. The average Bonchev–Trinajstić information content (AvgIpc) is 3.10. The van der Waals surface area contributed by atoms with Gasteiger partial charge in [0.1, 0.15) is 4.33 Å². The van der Waals surface area contributed by atoms with Crippen LogP contribution in [-0.4, -0.2) is 16.5 Å². The number of carbonyl (C=O) groups excluding carboxylic acids is 1. The van der Waals surface area contributed by atoms with Crippen molar-refractivity contribution in [3.63, 3.8) is 0 Å². The summed E-state index contributed by atoms with van der Waals surface area (Å²) < 4.78 is -0.866. The largest absolute Gasteiger partial charge is 0.273 e. The lowest BCUT2D eigenvalue weighted by atomic mass is 10.1. The molecule has 0 heterocycles. The van der Waals surface area contributed by atoms with Crippen LogP contribution in [0.15, 0.2) is 65.8 Å². The van der Waals surface area contributed by atoms with E-state index in [1.165, 1.54) is 0 Å². The van der Waals surface area contributed by atoms with Crippen LogP contribution >= 0.6 is 23.2 Å². The van der Waals surface area contributed by atoms with Gasteiger partial charge in [0.2, 0.25) is 5.91 Å². The zero-order chi connectivity index (χ0) is 16.3. The van der Waals surface area contributed by atoms with E-state index >= 15 is 0 Å². The molecule has 0 bridgehead atoms. The number of alkyl halides is 2. The quantitative estimate of drug-likeness (QED) is 0.497. The van der Waals surface area contributed by atoms with Gasteiger partial charge in [-0.3, -0.25) is 4.79 Å². The van der Waals surface area contributed by atoms with Crippen LogP contribution in [0.1, 0.15) is 17.0 Å². The van der Waals surface area contributed by atoms with Gasteiger partial charge >= 0.3 is 0 Å². The standard InChI is InChI=1S/C18H16Cl2N2O/c19-18(20)15(17(18)14-9-5-2-6-10-14)12-21-22-16(23)11-13-7-3-1-4-8-13/h1-10,12,15,17H,11H2,(H,22,23)/b21-12+. The minimum absolute atomic E-state index is 0.00167. The lowest BCUT2D eigenvalue weighted by Crippen LogP contribution is -2.20. The molecular weight excluding hydrogens is 331 g/mol. The molecule has 118 valence electrons. The number of halogens is 2. The number of amides is 1. The van der Waals surface area contributed by atoms with Crippen molar-refractivity contribution in [1.82, 2.24) is 5.43 Å². The molecule has 0 radical (unpaired) electrons. The minimum atomic E-state index is -0.866. The molecule has 2 unspecified atom stereocenters. The molecule has 3 rings (SSSR count). The number of carbonyl (C=O) groups is 1. The van der Waals surface area contributed by atoms with Crippen molar-refractivity contribution in [2.24, 2.45) is 11.0 Å². The van der Waals surface area contributed by atoms with E-state index in [-0.39, 0.29) is 24.2 Å². The van der Waals surface area contributed by atoms with Gasteiger partial charge in [0.25, 0.3) is 0 Å². The van der Waals surface area contributed by atoms with Gasteiger partial charge in [-0.2, -0.15) is 5.10 Å². The van der Waals surface area contributed by atoms with Crippen LogP contribution in [-0.2, 0) is 11.2 Å². The molecule has 5 heteroatoms. The van der Waals surface area contributed by atoms with Gasteiger partial charge in [-0.25, -0.2) is 5.43 Å². The van der Waals surface area contributed by atoms with Gasteiger partial charge in [0.15, 0.2) is 0 Å². The fourth-order valence-electron chi connectivity index (χ4n) is 2.64. The first kappa shape index (κ1) is 16.0. The topological polar surface area (TPSA) is 41.5 Å². The summed E-state index contributed by atoms with van der Waals surface area (Å²) in [5, 5.41) is 4.01. The highest BCUT2D eigenvalue weighted by atomic mass is 35.5. The second-order valence-electron chi connectivity index (χ2n) is 5.56. The Labute approximate surface area is 145 Å². The number of rotatable bonds is 5. The second-order valence-corrected chi connectivity index (χ2v) is 7.01. The van der Waals surface area contributed by atoms with Crippen LogP contribution in [0.3, 0.4) is 0 Å². The minimum Gasteiger partial charge on any atom is -0.273 e. The first-order chi connectivity index (χ1) is 11.1. The predicted octanol–water partition coefficient (Wildman–Crippen LogP) is 3.92. The third kappa shape index (κ3) is 3.74. The van der Waals surface area contributed by atoms with E-state index in [1.807, 2.05) is 60.7 Å². The Bertz CT molecular complexity index is 701. The van der Waals surface area contributed by atoms with E-state index in [2.05, 4.69) is 10.5 Å². The lowest BCUT2D eigenvalue weighted by Gasteiger charge is -1.99. The zero-order valence-electron chi connectivity index (χ0n) is 12.3. The van der Waals surface area contributed by atoms with Crippen LogP contribution in [0.4, 0.5) is 0 Å². The Morgan fingerprint density at radius 2 is 1.70 bits per heavy atom. The molecule has 1 amide bonds. The molecule has 1 N–H and O–H groups in total. The molecule has 3 nitrogen and oxygen atoms in total. The Hall–Kier alpha value is -1.84. The van der Waals surface area contributed by atoms with Gasteiger partial charge in [-0.05, 0) is 11.1 Å². The molecule has 2 aromatic rings. The number of hydrazone groups is 1. The van der Waals surface area contributed by atoms with E-state index in [9.17, 15) is 4.79 Å². The average molecular weight is 347 g/mol. The second kappa shape index (κ2) is 6.73. The van der Waals surface area contributed by atoms with Crippen molar-refractivity contribution in [2.45, 2.75) is 16.7 Å². The van der Waals surface area contributed by atoms with Crippen molar-refractivity contribution >= 4 is 35.3 Å².